The second-order valence-corrected chi connectivity index (χ2v) is 6.06. The maximum atomic E-state index is 12.2. The largest absolute Gasteiger partial charge is 0.394 e. The minimum atomic E-state index is -1.74. The summed E-state index contributed by atoms with van der Waals surface area (Å²) >= 11 is 0. The van der Waals surface area contributed by atoms with Crippen molar-refractivity contribution in [2.75, 3.05) is 26.5 Å². The third-order valence-electron chi connectivity index (χ3n) is 4.32. The van der Waals surface area contributed by atoms with Crippen molar-refractivity contribution in [1.82, 2.24) is 0 Å². The number of aliphatic hydroxyl groups excluding tert-OH is 7. The molecule has 0 radical (unpaired) electrons. The fourth-order valence-electron chi connectivity index (χ4n) is 2.85. The van der Waals surface area contributed by atoms with E-state index in [0.29, 0.717) is 0 Å². The number of halogens is 1. The Morgan fingerprint density at radius 1 is 0.731 bits per heavy atom. The Morgan fingerprint density at radius 2 is 1.31 bits per heavy atom. The minimum Gasteiger partial charge on any atom is -0.394 e. The highest BCUT2D eigenvalue weighted by Gasteiger charge is 2.50. The molecule has 154 valence electrons. The van der Waals surface area contributed by atoms with Crippen LogP contribution in [0.5, 0.6) is 0 Å². The Labute approximate surface area is 148 Å². The third kappa shape index (κ3) is 4.48. The molecule has 0 amide bonds. The fourth-order valence-corrected chi connectivity index (χ4v) is 2.85. The van der Waals surface area contributed by atoms with Crippen molar-refractivity contribution in [2.24, 2.45) is 0 Å². The predicted molar refractivity (Wildman–Crippen MR) is 78.3 cm³/mol. The van der Waals surface area contributed by atoms with Crippen LogP contribution in [0, 0.1) is 0 Å². The Bertz CT molecular complexity index is 426. The monoisotopic (exact) mass is 388 g/mol. The van der Waals surface area contributed by atoms with E-state index in [1.165, 1.54) is 0 Å². The van der Waals surface area contributed by atoms with E-state index in [1.54, 1.807) is 0 Å². The molecule has 0 bridgehead atoms. The molecule has 2 aliphatic heterocycles. The van der Waals surface area contributed by atoms with Gasteiger partial charge in [0.2, 0.25) is 0 Å². The summed E-state index contributed by atoms with van der Waals surface area (Å²) in [5, 5.41) is 68.3. The number of ether oxygens (including phenoxy) is 4. The van der Waals surface area contributed by atoms with E-state index in [1.807, 2.05) is 0 Å². The van der Waals surface area contributed by atoms with Crippen LogP contribution < -0.4 is 0 Å². The van der Waals surface area contributed by atoms with E-state index >= 15 is 0 Å². The van der Waals surface area contributed by atoms with Gasteiger partial charge in [-0.25, -0.2) is 4.39 Å². The first-order valence-electron chi connectivity index (χ1n) is 8.11. The van der Waals surface area contributed by atoms with Crippen molar-refractivity contribution in [3.63, 3.8) is 0 Å². The van der Waals surface area contributed by atoms with E-state index in [-0.39, 0.29) is 0 Å². The summed E-state index contributed by atoms with van der Waals surface area (Å²) in [7, 11) is 0. The lowest BCUT2D eigenvalue weighted by Crippen LogP contribution is -2.64. The molecule has 10 atom stereocenters. The average Bonchev–Trinajstić information content (AvgIpc) is 2.64. The summed E-state index contributed by atoms with van der Waals surface area (Å²) in [6.45, 7) is -2.61. The molecule has 11 nitrogen and oxygen atoms in total. The first-order valence-corrected chi connectivity index (χ1v) is 8.11. The zero-order valence-corrected chi connectivity index (χ0v) is 13.7. The van der Waals surface area contributed by atoms with Gasteiger partial charge in [0.25, 0.3) is 0 Å². The lowest BCUT2D eigenvalue weighted by atomic mass is 9.97. The van der Waals surface area contributed by atoms with Gasteiger partial charge in [-0.15, -0.1) is 0 Å². The van der Waals surface area contributed by atoms with Gasteiger partial charge in [0, 0.05) is 0 Å². The first-order chi connectivity index (χ1) is 12.3. The van der Waals surface area contributed by atoms with Crippen molar-refractivity contribution in [1.29, 1.82) is 0 Å². The highest BCUT2D eigenvalue weighted by atomic mass is 19.1. The summed E-state index contributed by atoms with van der Waals surface area (Å²) in [5.41, 5.74) is 0. The molecule has 0 aliphatic carbocycles. The van der Waals surface area contributed by atoms with Crippen molar-refractivity contribution >= 4 is 0 Å². The molecule has 7 N–H and O–H groups in total. The quantitative estimate of drug-likeness (QED) is 0.224. The minimum absolute atomic E-state index is 0.398. The standard InChI is InChI=1S/C14H25FO11/c15-1-2-23-13-11(22)9(20)12(6(4-17)25-13)26-14-10(21)8(19)7(18)5(3-16)24-14/h5-14,16-22H,1-4H2/t5-,6-,7+,8+,9-,10-,11-,12-,13-,14+/m1/s1. The molecule has 0 spiro atoms. The molecule has 2 heterocycles. The molecule has 0 aromatic heterocycles. The van der Waals surface area contributed by atoms with Crippen LogP contribution in [0.25, 0.3) is 0 Å². The van der Waals surface area contributed by atoms with Crippen LogP contribution in [0.3, 0.4) is 0 Å². The van der Waals surface area contributed by atoms with Gasteiger partial charge in [0.05, 0.1) is 19.8 Å². The van der Waals surface area contributed by atoms with E-state index in [2.05, 4.69) is 0 Å². The summed E-state index contributed by atoms with van der Waals surface area (Å²) in [6, 6.07) is 0. The first kappa shape index (κ1) is 21.8. The van der Waals surface area contributed by atoms with Crippen molar-refractivity contribution in [3.8, 4) is 0 Å². The van der Waals surface area contributed by atoms with E-state index in [4.69, 9.17) is 24.1 Å². The van der Waals surface area contributed by atoms with E-state index in [9.17, 15) is 35.0 Å². The van der Waals surface area contributed by atoms with Crippen LogP contribution in [0.1, 0.15) is 0 Å². The average molecular weight is 388 g/mol. The molecular weight excluding hydrogens is 363 g/mol. The molecule has 2 fully saturated rings. The van der Waals surface area contributed by atoms with Crippen LogP contribution in [0.4, 0.5) is 4.39 Å². The van der Waals surface area contributed by atoms with Gasteiger partial charge >= 0.3 is 0 Å². The van der Waals surface area contributed by atoms with Crippen LogP contribution in [-0.2, 0) is 18.9 Å². The Balaban J connectivity index is 2.09. The molecule has 26 heavy (non-hydrogen) atoms. The highest BCUT2D eigenvalue weighted by molar-refractivity contribution is 4.94. The maximum absolute atomic E-state index is 12.2. The number of alkyl halides is 1. The molecule has 2 rings (SSSR count). The zero-order valence-electron chi connectivity index (χ0n) is 13.7. The number of aliphatic hydroxyl groups is 7. The maximum Gasteiger partial charge on any atom is 0.187 e. The van der Waals surface area contributed by atoms with Gasteiger partial charge in [0.15, 0.2) is 12.6 Å². The van der Waals surface area contributed by atoms with E-state index < -0.39 is 87.9 Å². The van der Waals surface area contributed by atoms with Gasteiger partial charge in [-0.2, -0.15) is 0 Å². The summed E-state index contributed by atoms with van der Waals surface area (Å²) < 4.78 is 32.9. The van der Waals surface area contributed by atoms with Gasteiger partial charge < -0.3 is 54.7 Å². The molecular formula is C14H25FO11. The predicted octanol–water partition coefficient (Wildman–Crippen LogP) is -4.40. The molecule has 12 heteroatoms. The van der Waals surface area contributed by atoms with Crippen LogP contribution in [0.2, 0.25) is 0 Å². The summed E-state index contributed by atoms with van der Waals surface area (Å²) in [5.74, 6) is 0. The number of hydrogen-bond donors (Lipinski definition) is 7. The fraction of sp³-hybridized carbons (Fsp3) is 1.00. The highest BCUT2D eigenvalue weighted by Crippen LogP contribution is 2.29. The van der Waals surface area contributed by atoms with Crippen molar-refractivity contribution in [3.05, 3.63) is 0 Å². The van der Waals surface area contributed by atoms with E-state index in [0.717, 1.165) is 0 Å². The Hall–Kier alpha value is -0.510. The van der Waals surface area contributed by atoms with Crippen molar-refractivity contribution < 1.29 is 59.1 Å². The second kappa shape index (κ2) is 9.61. The zero-order chi connectivity index (χ0) is 19.4. The summed E-state index contributed by atoms with van der Waals surface area (Å²) in [6.07, 6.45) is -15.3. The third-order valence-corrected chi connectivity index (χ3v) is 4.32. The van der Waals surface area contributed by atoms with Crippen LogP contribution in [0.15, 0.2) is 0 Å². The van der Waals surface area contributed by atoms with Crippen LogP contribution >= 0.6 is 0 Å². The Morgan fingerprint density at radius 3 is 1.88 bits per heavy atom. The molecule has 0 aromatic rings. The topological polar surface area (TPSA) is 179 Å². The van der Waals surface area contributed by atoms with Gasteiger partial charge in [-0.1, -0.05) is 0 Å². The number of hydrogen-bond acceptors (Lipinski definition) is 11. The molecule has 2 saturated heterocycles. The summed E-state index contributed by atoms with van der Waals surface area (Å²) in [4.78, 5) is 0. The molecule has 2 aliphatic rings. The van der Waals surface area contributed by atoms with Gasteiger partial charge in [-0.3, -0.25) is 0 Å². The molecule has 0 saturated carbocycles. The molecule has 0 aromatic carbocycles. The van der Waals surface area contributed by atoms with Gasteiger partial charge in [-0.05, 0) is 0 Å². The van der Waals surface area contributed by atoms with Gasteiger partial charge in [0.1, 0.15) is 55.5 Å². The SMILES string of the molecule is OC[C@H]1O[C@@H](O[C@H]2[C@H](O)[C@@H](O)[C@H](OCCF)O[C@@H]2CO)[C@H](O)[C@@H](O)[C@H]1O. The second-order valence-electron chi connectivity index (χ2n) is 6.06. The smallest absolute Gasteiger partial charge is 0.187 e. The Kier molecular flexibility index (Phi) is 8.06. The van der Waals surface area contributed by atoms with Crippen molar-refractivity contribution in [2.45, 2.75) is 61.4 Å². The normalized spacial score (nSPS) is 47.1. The van der Waals surface area contributed by atoms with Crippen LogP contribution in [-0.4, -0.2) is 124 Å². The lowest BCUT2D eigenvalue weighted by molar-refractivity contribution is -0.359. The number of rotatable bonds is 7. The molecule has 0 unspecified atom stereocenters. The lowest BCUT2D eigenvalue weighted by Gasteiger charge is -2.45.